The quantitative estimate of drug-likeness (QED) is 0.798. The molecule has 1 unspecified atom stereocenters. The number of likely N-dealkylation sites (N-methyl/N-ethyl adjacent to an activating group) is 1. The van der Waals surface area contributed by atoms with E-state index in [1.54, 1.807) is 6.07 Å². The Bertz CT molecular complexity index is 463. The molecule has 0 aromatic heterocycles. The van der Waals surface area contributed by atoms with Crippen molar-refractivity contribution in [3.63, 3.8) is 0 Å². The standard InChI is InChI=1S/C17H28FN3O/c1-3-21(10-11-22)17(13-20-8-6-19-7-9-20)15-4-5-16(18)14(2)12-15/h4-5,12,17,19,22H,3,6-11,13H2,1-2H3. The van der Waals surface area contributed by atoms with Crippen LogP contribution in [0.1, 0.15) is 24.1 Å². The molecule has 1 heterocycles. The van der Waals surface area contributed by atoms with E-state index in [-0.39, 0.29) is 18.5 Å². The fourth-order valence-electron chi connectivity index (χ4n) is 3.11. The van der Waals surface area contributed by atoms with Crippen LogP contribution in [0, 0.1) is 12.7 Å². The maximum atomic E-state index is 13.6. The van der Waals surface area contributed by atoms with Crippen LogP contribution in [0.3, 0.4) is 0 Å². The molecule has 4 nitrogen and oxygen atoms in total. The minimum atomic E-state index is -0.158. The second-order valence-electron chi connectivity index (χ2n) is 5.93. The topological polar surface area (TPSA) is 38.7 Å². The number of rotatable bonds is 7. The van der Waals surface area contributed by atoms with Gasteiger partial charge in [-0.25, -0.2) is 4.39 Å². The minimum absolute atomic E-state index is 0.145. The third-order valence-corrected chi connectivity index (χ3v) is 4.44. The highest BCUT2D eigenvalue weighted by Gasteiger charge is 2.23. The molecule has 1 aromatic carbocycles. The van der Waals surface area contributed by atoms with E-state index in [9.17, 15) is 9.50 Å². The molecule has 1 aliphatic rings. The van der Waals surface area contributed by atoms with Gasteiger partial charge in [-0.05, 0) is 30.7 Å². The Labute approximate surface area is 132 Å². The van der Waals surface area contributed by atoms with Gasteiger partial charge in [0.25, 0.3) is 0 Å². The van der Waals surface area contributed by atoms with Gasteiger partial charge in [-0.1, -0.05) is 19.1 Å². The number of aryl methyl sites for hydroxylation is 1. The van der Waals surface area contributed by atoms with Gasteiger partial charge in [0.05, 0.1) is 6.61 Å². The van der Waals surface area contributed by atoms with Crippen molar-refractivity contribution in [1.82, 2.24) is 15.1 Å². The maximum Gasteiger partial charge on any atom is 0.126 e. The lowest BCUT2D eigenvalue weighted by atomic mass is 10.0. The molecule has 0 aliphatic carbocycles. The molecule has 22 heavy (non-hydrogen) atoms. The van der Waals surface area contributed by atoms with E-state index in [0.717, 1.165) is 44.8 Å². The third kappa shape index (κ3) is 4.49. The molecular formula is C17H28FN3O. The molecular weight excluding hydrogens is 281 g/mol. The Morgan fingerprint density at radius 1 is 1.36 bits per heavy atom. The van der Waals surface area contributed by atoms with Gasteiger partial charge >= 0.3 is 0 Å². The molecule has 0 spiro atoms. The van der Waals surface area contributed by atoms with Crippen molar-refractivity contribution in [2.45, 2.75) is 19.9 Å². The summed E-state index contributed by atoms with van der Waals surface area (Å²) in [5.74, 6) is -0.158. The first kappa shape index (κ1) is 17.3. The number of benzene rings is 1. The normalized spacial score (nSPS) is 17.9. The number of aliphatic hydroxyl groups excluding tert-OH is 1. The Hall–Kier alpha value is -1.01. The van der Waals surface area contributed by atoms with Crippen molar-refractivity contribution in [2.24, 2.45) is 0 Å². The van der Waals surface area contributed by atoms with Crippen molar-refractivity contribution < 1.29 is 9.50 Å². The van der Waals surface area contributed by atoms with E-state index in [1.165, 1.54) is 0 Å². The summed E-state index contributed by atoms with van der Waals surface area (Å²) < 4.78 is 13.6. The number of nitrogens with one attached hydrogen (secondary N) is 1. The second-order valence-corrected chi connectivity index (χ2v) is 5.93. The van der Waals surface area contributed by atoms with Crippen LogP contribution in [0.15, 0.2) is 18.2 Å². The molecule has 1 fully saturated rings. The summed E-state index contributed by atoms with van der Waals surface area (Å²) in [6.45, 7) is 10.6. The van der Waals surface area contributed by atoms with Crippen LogP contribution in [-0.2, 0) is 0 Å². The van der Waals surface area contributed by atoms with E-state index >= 15 is 0 Å². The lowest BCUT2D eigenvalue weighted by Gasteiger charge is -2.36. The van der Waals surface area contributed by atoms with Crippen LogP contribution >= 0.6 is 0 Å². The van der Waals surface area contributed by atoms with Crippen LogP contribution < -0.4 is 5.32 Å². The second kappa shape index (κ2) is 8.58. The van der Waals surface area contributed by atoms with E-state index < -0.39 is 0 Å². The molecule has 2 rings (SSSR count). The molecule has 0 radical (unpaired) electrons. The van der Waals surface area contributed by atoms with Crippen molar-refractivity contribution in [2.75, 3.05) is 52.4 Å². The predicted molar refractivity (Wildman–Crippen MR) is 87.5 cm³/mol. The fourth-order valence-corrected chi connectivity index (χ4v) is 3.11. The van der Waals surface area contributed by atoms with Gasteiger partial charge in [0.15, 0.2) is 0 Å². The largest absolute Gasteiger partial charge is 0.395 e. The van der Waals surface area contributed by atoms with E-state index in [2.05, 4.69) is 22.0 Å². The van der Waals surface area contributed by atoms with Gasteiger partial charge in [0, 0.05) is 45.3 Å². The zero-order chi connectivity index (χ0) is 15.9. The highest BCUT2D eigenvalue weighted by atomic mass is 19.1. The summed E-state index contributed by atoms with van der Waals surface area (Å²) in [4.78, 5) is 4.72. The van der Waals surface area contributed by atoms with Crippen molar-refractivity contribution >= 4 is 0 Å². The van der Waals surface area contributed by atoms with Gasteiger partial charge in [-0.15, -0.1) is 0 Å². The molecule has 2 N–H and O–H groups in total. The highest BCUT2D eigenvalue weighted by Crippen LogP contribution is 2.24. The van der Waals surface area contributed by atoms with Crippen LogP contribution in [0.4, 0.5) is 4.39 Å². The first-order valence-corrected chi connectivity index (χ1v) is 8.19. The maximum absolute atomic E-state index is 13.6. The summed E-state index contributed by atoms with van der Waals surface area (Å²) in [5.41, 5.74) is 1.82. The average molecular weight is 309 g/mol. The van der Waals surface area contributed by atoms with Crippen LogP contribution in [-0.4, -0.2) is 67.3 Å². The Morgan fingerprint density at radius 2 is 2.09 bits per heavy atom. The molecule has 5 heteroatoms. The Kier molecular flexibility index (Phi) is 6.76. The molecule has 0 saturated carbocycles. The van der Waals surface area contributed by atoms with E-state index in [0.29, 0.717) is 12.1 Å². The van der Waals surface area contributed by atoms with Crippen LogP contribution in [0.25, 0.3) is 0 Å². The number of aliphatic hydroxyl groups is 1. The van der Waals surface area contributed by atoms with E-state index in [4.69, 9.17) is 0 Å². The summed E-state index contributed by atoms with van der Waals surface area (Å²) in [6, 6.07) is 5.58. The van der Waals surface area contributed by atoms with Crippen molar-refractivity contribution in [1.29, 1.82) is 0 Å². The number of hydrogen-bond donors (Lipinski definition) is 2. The molecule has 1 atom stereocenters. The van der Waals surface area contributed by atoms with Crippen LogP contribution in [0.2, 0.25) is 0 Å². The number of halogens is 1. The zero-order valence-corrected chi connectivity index (χ0v) is 13.7. The van der Waals surface area contributed by atoms with Gasteiger partial charge in [0.2, 0.25) is 0 Å². The average Bonchev–Trinajstić information content (AvgIpc) is 2.54. The van der Waals surface area contributed by atoms with Gasteiger partial charge < -0.3 is 10.4 Å². The van der Waals surface area contributed by atoms with Crippen molar-refractivity contribution in [3.05, 3.63) is 35.1 Å². The molecule has 1 saturated heterocycles. The molecule has 124 valence electrons. The number of nitrogens with zero attached hydrogens (tertiary/aromatic N) is 2. The summed E-state index contributed by atoms with van der Waals surface area (Å²) in [6.07, 6.45) is 0. The summed E-state index contributed by atoms with van der Waals surface area (Å²) >= 11 is 0. The van der Waals surface area contributed by atoms with E-state index in [1.807, 2.05) is 19.1 Å². The molecule has 0 bridgehead atoms. The predicted octanol–water partition coefficient (Wildman–Crippen LogP) is 1.39. The summed E-state index contributed by atoms with van der Waals surface area (Å²) in [7, 11) is 0. The number of hydrogen-bond acceptors (Lipinski definition) is 4. The molecule has 1 aromatic rings. The lowest BCUT2D eigenvalue weighted by molar-refractivity contribution is 0.113. The SMILES string of the molecule is CCN(CCO)C(CN1CCNCC1)c1ccc(F)c(C)c1. The monoisotopic (exact) mass is 309 g/mol. The fraction of sp³-hybridized carbons (Fsp3) is 0.647. The van der Waals surface area contributed by atoms with Gasteiger partial charge in [0.1, 0.15) is 5.82 Å². The Balaban J connectivity index is 2.20. The molecule has 0 amide bonds. The molecule has 1 aliphatic heterocycles. The van der Waals surface area contributed by atoms with Gasteiger partial charge in [-0.3, -0.25) is 9.80 Å². The smallest absolute Gasteiger partial charge is 0.126 e. The van der Waals surface area contributed by atoms with Gasteiger partial charge in [-0.2, -0.15) is 0 Å². The van der Waals surface area contributed by atoms with Crippen molar-refractivity contribution in [3.8, 4) is 0 Å². The zero-order valence-electron chi connectivity index (χ0n) is 13.7. The van der Waals surface area contributed by atoms with Crippen LogP contribution in [0.5, 0.6) is 0 Å². The first-order valence-electron chi connectivity index (χ1n) is 8.19. The summed E-state index contributed by atoms with van der Waals surface area (Å²) in [5, 5.41) is 12.7. The Morgan fingerprint density at radius 3 is 2.68 bits per heavy atom. The number of piperazine rings is 1. The highest BCUT2D eigenvalue weighted by molar-refractivity contribution is 5.27. The minimum Gasteiger partial charge on any atom is -0.395 e. The lowest BCUT2D eigenvalue weighted by Crippen LogP contribution is -2.47. The first-order chi connectivity index (χ1) is 10.7. The third-order valence-electron chi connectivity index (χ3n) is 4.44.